The lowest BCUT2D eigenvalue weighted by Gasteiger charge is -2.11. The number of benzene rings is 3. The van der Waals surface area contributed by atoms with Crippen LogP contribution in [0.3, 0.4) is 0 Å². The monoisotopic (exact) mass is 400 g/mol. The number of hydrogen-bond acceptors (Lipinski definition) is 5. The van der Waals surface area contributed by atoms with E-state index < -0.39 is 4.92 Å². The molecule has 0 unspecified atom stereocenters. The molecule has 3 aromatic carbocycles. The second kappa shape index (κ2) is 9.89. The highest BCUT2D eigenvalue weighted by Crippen LogP contribution is 2.25. The molecule has 0 aliphatic carbocycles. The van der Waals surface area contributed by atoms with Crippen LogP contribution in [0.25, 0.3) is 11.6 Å². The zero-order valence-corrected chi connectivity index (χ0v) is 16.4. The molecule has 0 aromatic heterocycles. The van der Waals surface area contributed by atoms with Gasteiger partial charge in [0.1, 0.15) is 24.7 Å². The second-order valence-corrected chi connectivity index (χ2v) is 6.52. The number of allylic oxidation sites excluding steroid dienone is 1. The third-order valence-corrected chi connectivity index (χ3v) is 4.36. The number of rotatable bonds is 8. The van der Waals surface area contributed by atoms with Crippen LogP contribution in [0, 0.1) is 28.4 Å². The summed E-state index contributed by atoms with van der Waals surface area (Å²) in [7, 11) is 0. The van der Waals surface area contributed by atoms with E-state index in [0.717, 1.165) is 11.3 Å². The van der Waals surface area contributed by atoms with Crippen LogP contribution in [0.1, 0.15) is 16.7 Å². The lowest BCUT2D eigenvalue weighted by molar-refractivity contribution is -0.384. The number of para-hydroxylation sites is 1. The molecular weight excluding hydrogens is 380 g/mol. The van der Waals surface area contributed by atoms with Crippen LogP contribution in [0.4, 0.5) is 5.69 Å². The van der Waals surface area contributed by atoms with Crippen molar-refractivity contribution in [2.45, 2.75) is 6.92 Å². The van der Waals surface area contributed by atoms with Crippen LogP contribution in [0.2, 0.25) is 0 Å². The lowest BCUT2D eigenvalue weighted by atomic mass is 10.0. The Labute approximate surface area is 174 Å². The molecule has 0 amide bonds. The predicted octanol–water partition coefficient (Wildman–Crippen LogP) is 5.43. The molecule has 0 bridgehead atoms. The molecular formula is C24H20N2O4. The Morgan fingerprint density at radius 3 is 2.33 bits per heavy atom. The Hall–Kier alpha value is -4.11. The largest absolute Gasteiger partial charge is 0.490 e. The van der Waals surface area contributed by atoms with Crippen LogP contribution >= 0.6 is 0 Å². The van der Waals surface area contributed by atoms with Gasteiger partial charge in [0.05, 0.1) is 16.6 Å². The van der Waals surface area contributed by atoms with Gasteiger partial charge in [-0.2, -0.15) is 5.26 Å². The van der Waals surface area contributed by atoms with E-state index in [2.05, 4.69) is 6.07 Å². The molecule has 0 aliphatic rings. The summed E-state index contributed by atoms with van der Waals surface area (Å²) in [5.74, 6) is 1.40. The Morgan fingerprint density at radius 1 is 1.00 bits per heavy atom. The van der Waals surface area contributed by atoms with Gasteiger partial charge in [0.2, 0.25) is 0 Å². The van der Waals surface area contributed by atoms with E-state index in [9.17, 15) is 15.4 Å². The van der Waals surface area contributed by atoms with E-state index in [4.69, 9.17) is 9.47 Å². The molecule has 3 rings (SSSR count). The van der Waals surface area contributed by atoms with E-state index in [1.165, 1.54) is 17.7 Å². The van der Waals surface area contributed by atoms with Gasteiger partial charge >= 0.3 is 0 Å². The average Bonchev–Trinajstić information content (AvgIpc) is 2.77. The molecule has 6 heteroatoms. The van der Waals surface area contributed by atoms with Crippen molar-refractivity contribution in [3.63, 3.8) is 0 Å². The molecule has 0 saturated heterocycles. The Morgan fingerprint density at radius 2 is 1.67 bits per heavy atom. The normalized spacial score (nSPS) is 10.9. The van der Waals surface area contributed by atoms with Crippen molar-refractivity contribution in [1.82, 2.24) is 0 Å². The SMILES string of the molecule is Cc1ccc(OCCOc2ccccc2/C=C(\C#N)c2ccc([N+](=O)[O-])cc2)cc1. The van der Waals surface area contributed by atoms with Gasteiger partial charge in [-0.05, 0) is 48.9 Å². The van der Waals surface area contributed by atoms with Crippen molar-refractivity contribution >= 4 is 17.3 Å². The van der Waals surface area contributed by atoms with E-state index in [0.29, 0.717) is 30.1 Å². The fourth-order valence-electron chi connectivity index (χ4n) is 2.78. The first-order valence-electron chi connectivity index (χ1n) is 9.35. The van der Waals surface area contributed by atoms with Gasteiger partial charge in [-0.3, -0.25) is 10.1 Å². The smallest absolute Gasteiger partial charge is 0.269 e. The quantitative estimate of drug-likeness (QED) is 0.166. The highest BCUT2D eigenvalue weighted by Gasteiger charge is 2.08. The summed E-state index contributed by atoms with van der Waals surface area (Å²) in [6.07, 6.45) is 1.71. The highest BCUT2D eigenvalue weighted by molar-refractivity contribution is 5.90. The second-order valence-electron chi connectivity index (χ2n) is 6.52. The molecule has 0 spiro atoms. The molecule has 30 heavy (non-hydrogen) atoms. The minimum Gasteiger partial charge on any atom is -0.490 e. The van der Waals surface area contributed by atoms with Crippen molar-refractivity contribution in [2.75, 3.05) is 13.2 Å². The first-order chi connectivity index (χ1) is 14.6. The van der Waals surface area contributed by atoms with Gasteiger partial charge in [0, 0.05) is 17.7 Å². The molecule has 3 aromatic rings. The van der Waals surface area contributed by atoms with E-state index in [1.54, 1.807) is 18.2 Å². The van der Waals surface area contributed by atoms with Crippen molar-refractivity contribution in [3.8, 4) is 17.6 Å². The van der Waals surface area contributed by atoms with Crippen LogP contribution in [-0.4, -0.2) is 18.1 Å². The summed E-state index contributed by atoms with van der Waals surface area (Å²) in [6, 6.07) is 23.2. The fourth-order valence-corrected chi connectivity index (χ4v) is 2.78. The van der Waals surface area contributed by atoms with Gasteiger partial charge < -0.3 is 9.47 Å². The minimum atomic E-state index is -0.471. The van der Waals surface area contributed by atoms with Gasteiger partial charge in [-0.1, -0.05) is 35.9 Å². The van der Waals surface area contributed by atoms with Crippen LogP contribution in [-0.2, 0) is 0 Å². The highest BCUT2D eigenvalue weighted by atomic mass is 16.6. The number of aryl methyl sites for hydroxylation is 1. The molecule has 0 fully saturated rings. The molecule has 150 valence electrons. The molecule has 0 radical (unpaired) electrons. The first kappa shape index (κ1) is 20.6. The summed E-state index contributed by atoms with van der Waals surface area (Å²) >= 11 is 0. The van der Waals surface area contributed by atoms with Crippen molar-refractivity contribution in [3.05, 3.63) is 99.6 Å². The maximum absolute atomic E-state index is 10.8. The Kier molecular flexibility index (Phi) is 6.80. The van der Waals surface area contributed by atoms with Crippen molar-refractivity contribution < 1.29 is 14.4 Å². The Balaban J connectivity index is 1.69. The number of nitriles is 1. The molecule has 0 saturated carbocycles. The number of nitro benzene ring substituents is 1. The maximum Gasteiger partial charge on any atom is 0.269 e. The summed E-state index contributed by atoms with van der Waals surface area (Å²) in [5, 5.41) is 20.4. The fraction of sp³-hybridized carbons (Fsp3) is 0.125. The molecule has 0 aliphatic heterocycles. The topological polar surface area (TPSA) is 85.4 Å². The minimum absolute atomic E-state index is 0.0200. The van der Waals surface area contributed by atoms with E-state index in [1.807, 2.05) is 55.5 Å². The lowest BCUT2D eigenvalue weighted by Crippen LogP contribution is -2.09. The van der Waals surface area contributed by atoms with Gasteiger partial charge in [-0.25, -0.2) is 0 Å². The number of ether oxygens (including phenoxy) is 2. The standard InChI is InChI=1S/C24H20N2O4/c1-18-6-12-23(13-7-18)29-14-15-30-24-5-3-2-4-20(24)16-21(17-25)19-8-10-22(11-9-19)26(27)28/h2-13,16H,14-15H2,1H3/b21-16+. The summed E-state index contributed by atoms with van der Waals surface area (Å²) in [5.41, 5.74) is 2.87. The molecule has 0 heterocycles. The number of non-ortho nitro benzene ring substituents is 1. The summed E-state index contributed by atoms with van der Waals surface area (Å²) < 4.78 is 11.5. The zero-order chi connectivity index (χ0) is 21.3. The van der Waals surface area contributed by atoms with Crippen LogP contribution in [0.5, 0.6) is 11.5 Å². The van der Waals surface area contributed by atoms with Crippen LogP contribution < -0.4 is 9.47 Å². The van der Waals surface area contributed by atoms with Gasteiger partial charge in [0.25, 0.3) is 5.69 Å². The number of nitro groups is 1. The van der Waals surface area contributed by atoms with Gasteiger partial charge in [0.15, 0.2) is 0 Å². The first-order valence-corrected chi connectivity index (χ1v) is 9.35. The van der Waals surface area contributed by atoms with E-state index in [-0.39, 0.29) is 5.69 Å². The zero-order valence-electron chi connectivity index (χ0n) is 16.4. The summed E-state index contributed by atoms with van der Waals surface area (Å²) in [6.45, 7) is 2.75. The van der Waals surface area contributed by atoms with Crippen molar-refractivity contribution in [1.29, 1.82) is 5.26 Å². The molecule has 0 N–H and O–H groups in total. The number of hydrogen-bond donors (Lipinski definition) is 0. The molecule has 6 nitrogen and oxygen atoms in total. The maximum atomic E-state index is 10.8. The number of nitrogens with zero attached hydrogens (tertiary/aromatic N) is 2. The predicted molar refractivity (Wildman–Crippen MR) is 115 cm³/mol. The average molecular weight is 400 g/mol. The van der Waals surface area contributed by atoms with Crippen LogP contribution in [0.15, 0.2) is 72.8 Å². The Bertz CT molecular complexity index is 1080. The van der Waals surface area contributed by atoms with E-state index >= 15 is 0 Å². The van der Waals surface area contributed by atoms with Gasteiger partial charge in [-0.15, -0.1) is 0 Å². The third kappa shape index (κ3) is 5.46. The molecule has 0 atom stereocenters. The summed E-state index contributed by atoms with van der Waals surface area (Å²) in [4.78, 5) is 10.3. The van der Waals surface area contributed by atoms with Crippen molar-refractivity contribution in [2.24, 2.45) is 0 Å². The third-order valence-electron chi connectivity index (χ3n) is 4.36.